The molecule has 138 valence electrons. The summed E-state index contributed by atoms with van der Waals surface area (Å²) in [6.07, 6.45) is 0.924. The number of benzene rings is 2. The third-order valence-corrected chi connectivity index (χ3v) is 3.86. The van der Waals surface area contributed by atoms with Crippen LogP contribution in [0.15, 0.2) is 48.5 Å². The number of hydrogen-bond acceptors (Lipinski definition) is 4. The predicted octanol–water partition coefficient (Wildman–Crippen LogP) is 2.18. The molecule has 0 aliphatic rings. The Labute approximate surface area is 153 Å². The van der Waals surface area contributed by atoms with Crippen LogP contribution in [0.25, 0.3) is 0 Å². The summed E-state index contributed by atoms with van der Waals surface area (Å²) in [4.78, 5) is 23.7. The maximum atomic E-state index is 11.9. The first kappa shape index (κ1) is 19.3. The maximum absolute atomic E-state index is 11.9. The lowest BCUT2D eigenvalue weighted by molar-refractivity contribution is -0.120. The molecule has 0 aliphatic heterocycles. The minimum Gasteiger partial charge on any atom is -0.493 e. The van der Waals surface area contributed by atoms with Crippen molar-refractivity contribution in [3.05, 3.63) is 59.7 Å². The molecule has 26 heavy (non-hydrogen) atoms. The van der Waals surface area contributed by atoms with Crippen LogP contribution in [0.3, 0.4) is 0 Å². The summed E-state index contributed by atoms with van der Waals surface area (Å²) < 4.78 is 10.5. The van der Waals surface area contributed by atoms with Crippen LogP contribution in [0.1, 0.15) is 22.3 Å². The minimum atomic E-state index is -0.177. The van der Waals surface area contributed by atoms with Gasteiger partial charge in [0.1, 0.15) is 0 Å². The highest BCUT2D eigenvalue weighted by atomic mass is 16.5. The fraction of sp³-hybridized carbons (Fsp3) is 0.300. The van der Waals surface area contributed by atoms with Gasteiger partial charge in [0.15, 0.2) is 11.5 Å². The van der Waals surface area contributed by atoms with E-state index in [2.05, 4.69) is 10.6 Å². The van der Waals surface area contributed by atoms with Crippen LogP contribution < -0.4 is 20.1 Å². The molecule has 6 heteroatoms. The van der Waals surface area contributed by atoms with Gasteiger partial charge in [0, 0.05) is 25.1 Å². The fourth-order valence-electron chi connectivity index (χ4n) is 2.45. The average molecular weight is 356 g/mol. The molecule has 2 rings (SSSR count). The molecule has 0 saturated carbocycles. The van der Waals surface area contributed by atoms with Gasteiger partial charge in [-0.15, -0.1) is 0 Å². The molecule has 0 aliphatic carbocycles. The van der Waals surface area contributed by atoms with E-state index in [0.29, 0.717) is 36.6 Å². The van der Waals surface area contributed by atoms with Crippen LogP contribution in [0.4, 0.5) is 0 Å². The van der Waals surface area contributed by atoms with E-state index in [0.717, 1.165) is 5.56 Å². The molecular weight excluding hydrogens is 332 g/mol. The average Bonchev–Trinajstić information content (AvgIpc) is 2.68. The quantitative estimate of drug-likeness (QED) is 0.722. The van der Waals surface area contributed by atoms with Crippen LogP contribution in [0.2, 0.25) is 0 Å². The molecule has 0 radical (unpaired) electrons. The summed E-state index contributed by atoms with van der Waals surface area (Å²) in [6, 6.07) is 14.6. The largest absolute Gasteiger partial charge is 0.493 e. The highest BCUT2D eigenvalue weighted by Gasteiger charge is 2.07. The van der Waals surface area contributed by atoms with E-state index < -0.39 is 0 Å². The lowest BCUT2D eigenvalue weighted by Crippen LogP contribution is -2.31. The SMILES string of the molecule is COc1ccc(CCNC(=O)CCNC(=O)c2ccccc2)cc1OC. The number of carbonyl (C=O) groups excluding carboxylic acids is 2. The van der Waals surface area contributed by atoms with Gasteiger partial charge in [-0.2, -0.15) is 0 Å². The standard InChI is InChI=1S/C20H24N2O4/c1-25-17-9-8-15(14-18(17)26-2)10-12-21-19(23)11-13-22-20(24)16-6-4-3-5-7-16/h3-9,14H,10-13H2,1-2H3,(H,21,23)(H,22,24). The third kappa shape index (κ3) is 5.81. The van der Waals surface area contributed by atoms with Crippen LogP contribution in [-0.2, 0) is 11.2 Å². The Hall–Kier alpha value is -3.02. The Bertz CT molecular complexity index is 732. The molecular formula is C20H24N2O4. The van der Waals surface area contributed by atoms with Gasteiger partial charge in [0.25, 0.3) is 5.91 Å². The van der Waals surface area contributed by atoms with E-state index in [1.54, 1.807) is 38.5 Å². The second-order valence-corrected chi connectivity index (χ2v) is 5.66. The molecule has 2 aromatic rings. The maximum Gasteiger partial charge on any atom is 0.251 e. The Balaban J connectivity index is 1.68. The summed E-state index contributed by atoms with van der Waals surface area (Å²) in [5.41, 5.74) is 1.63. The first-order chi connectivity index (χ1) is 12.6. The van der Waals surface area contributed by atoms with Crippen molar-refractivity contribution >= 4 is 11.8 Å². The summed E-state index contributed by atoms with van der Waals surface area (Å²) in [5.74, 6) is 1.07. The van der Waals surface area contributed by atoms with Crippen molar-refractivity contribution in [1.29, 1.82) is 0 Å². The molecule has 6 nitrogen and oxygen atoms in total. The van der Waals surface area contributed by atoms with Crippen molar-refractivity contribution < 1.29 is 19.1 Å². The fourth-order valence-corrected chi connectivity index (χ4v) is 2.45. The van der Waals surface area contributed by atoms with E-state index in [4.69, 9.17) is 9.47 Å². The summed E-state index contributed by atoms with van der Waals surface area (Å²) >= 11 is 0. The number of rotatable bonds is 9. The van der Waals surface area contributed by atoms with Crippen molar-refractivity contribution in [1.82, 2.24) is 10.6 Å². The highest BCUT2D eigenvalue weighted by molar-refractivity contribution is 5.94. The summed E-state index contributed by atoms with van der Waals surface area (Å²) in [7, 11) is 3.18. The lowest BCUT2D eigenvalue weighted by atomic mass is 10.1. The van der Waals surface area contributed by atoms with Gasteiger partial charge in [-0.3, -0.25) is 9.59 Å². The van der Waals surface area contributed by atoms with Gasteiger partial charge >= 0.3 is 0 Å². The number of methoxy groups -OCH3 is 2. The molecule has 0 fully saturated rings. The zero-order valence-electron chi connectivity index (χ0n) is 15.1. The van der Waals surface area contributed by atoms with Gasteiger partial charge < -0.3 is 20.1 Å². The lowest BCUT2D eigenvalue weighted by Gasteiger charge is -2.10. The normalized spacial score (nSPS) is 10.1. The van der Waals surface area contributed by atoms with Crippen molar-refractivity contribution in [2.45, 2.75) is 12.8 Å². The molecule has 0 unspecified atom stereocenters. The minimum absolute atomic E-state index is 0.0983. The van der Waals surface area contributed by atoms with Gasteiger partial charge in [0.05, 0.1) is 14.2 Å². The molecule has 0 heterocycles. The Morgan fingerprint density at radius 2 is 1.62 bits per heavy atom. The monoisotopic (exact) mass is 356 g/mol. The number of hydrogen-bond donors (Lipinski definition) is 2. The van der Waals surface area contributed by atoms with Crippen LogP contribution in [0, 0.1) is 0 Å². The number of amides is 2. The van der Waals surface area contributed by atoms with E-state index in [9.17, 15) is 9.59 Å². The van der Waals surface area contributed by atoms with E-state index in [1.165, 1.54) is 0 Å². The van der Waals surface area contributed by atoms with Gasteiger partial charge in [-0.25, -0.2) is 0 Å². The summed E-state index contributed by atoms with van der Waals surface area (Å²) in [5, 5.41) is 5.58. The second-order valence-electron chi connectivity index (χ2n) is 5.66. The molecule has 0 bridgehead atoms. The van der Waals surface area contributed by atoms with Crippen molar-refractivity contribution in [3.8, 4) is 11.5 Å². The van der Waals surface area contributed by atoms with Crippen LogP contribution in [0.5, 0.6) is 11.5 Å². The molecule has 2 aromatic carbocycles. The van der Waals surface area contributed by atoms with E-state index in [-0.39, 0.29) is 18.2 Å². The molecule has 2 amide bonds. The Morgan fingerprint density at radius 3 is 2.31 bits per heavy atom. The van der Waals surface area contributed by atoms with Gasteiger partial charge in [0.2, 0.25) is 5.91 Å². The number of carbonyl (C=O) groups is 2. The first-order valence-electron chi connectivity index (χ1n) is 8.45. The van der Waals surface area contributed by atoms with Crippen molar-refractivity contribution in [2.24, 2.45) is 0 Å². The van der Waals surface area contributed by atoms with Crippen molar-refractivity contribution in [2.75, 3.05) is 27.3 Å². The first-order valence-corrected chi connectivity index (χ1v) is 8.45. The molecule has 2 N–H and O–H groups in total. The Morgan fingerprint density at radius 1 is 0.885 bits per heavy atom. The second kappa shape index (κ2) is 10.1. The van der Waals surface area contributed by atoms with Crippen LogP contribution >= 0.6 is 0 Å². The Kier molecular flexibility index (Phi) is 7.49. The molecule has 0 saturated heterocycles. The van der Waals surface area contributed by atoms with Gasteiger partial charge in [-0.1, -0.05) is 24.3 Å². The summed E-state index contributed by atoms with van der Waals surface area (Å²) in [6.45, 7) is 0.816. The molecule has 0 aromatic heterocycles. The number of ether oxygens (including phenoxy) is 2. The third-order valence-electron chi connectivity index (χ3n) is 3.86. The highest BCUT2D eigenvalue weighted by Crippen LogP contribution is 2.27. The number of nitrogens with one attached hydrogen (secondary N) is 2. The van der Waals surface area contributed by atoms with Crippen LogP contribution in [-0.4, -0.2) is 39.1 Å². The van der Waals surface area contributed by atoms with E-state index in [1.807, 2.05) is 24.3 Å². The van der Waals surface area contributed by atoms with E-state index >= 15 is 0 Å². The van der Waals surface area contributed by atoms with Crippen molar-refractivity contribution in [3.63, 3.8) is 0 Å². The zero-order valence-corrected chi connectivity index (χ0v) is 15.1. The molecule has 0 atom stereocenters. The smallest absolute Gasteiger partial charge is 0.251 e. The topological polar surface area (TPSA) is 76.7 Å². The van der Waals surface area contributed by atoms with Gasteiger partial charge in [-0.05, 0) is 36.2 Å². The zero-order chi connectivity index (χ0) is 18.8. The predicted molar refractivity (Wildman–Crippen MR) is 99.7 cm³/mol. The molecule has 0 spiro atoms.